The fraction of sp³-hybridized carbons (Fsp3) is 0.167. The minimum Gasteiger partial charge on any atom is -0.281 e. The van der Waals surface area contributed by atoms with Crippen LogP contribution in [0.25, 0.3) is 16.5 Å². The lowest BCUT2D eigenvalue weighted by molar-refractivity contribution is 0.830. The largest absolute Gasteiger partial charge is 0.281 e. The molecule has 2 nitrogen and oxygen atoms in total. The molecule has 2 rings (SSSR count). The van der Waals surface area contributed by atoms with E-state index in [2.05, 4.69) is 20.1 Å². The zero-order chi connectivity index (χ0) is 15.4. The summed E-state index contributed by atoms with van der Waals surface area (Å²) in [4.78, 5) is 12.9. The van der Waals surface area contributed by atoms with Gasteiger partial charge in [-0.25, -0.2) is 0 Å². The molecule has 108 valence electrons. The van der Waals surface area contributed by atoms with Crippen LogP contribution in [0.3, 0.4) is 0 Å². The number of allylic oxidation sites excluding steroid dienone is 4. The second kappa shape index (κ2) is 6.59. The van der Waals surface area contributed by atoms with Crippen LogP contribution in [0.4, 0.5) is 0 Å². The number of hydrogen-bond donors (Lipinski definition) is 0. The Bertz CT molecular complexity index is 784. The molecule has 1 aromatic carbocycles. The maximum Gasteiger partial charge on any atom is 0.264 e. The second-order valence-corrected chi connectivity index (χ2v) is 5.17. The van der Waals surface area contributed by atoms with Gasteiger partial charge >= 0.3 is 0 Å². The van der Waals surface area contributed by atoms with Crippen molar-refractivity contribution in [2.45, 2.75) is 19.8 Å². The lowest BCUT2D eigenvalue weighted by Gasteiger charge is -2.15. The van der Waals surface area contributed by atoms with E-state index in [1.165, 1.54) is 0 Å². The van der Waals surface area contributed by atoms with Gasteiger partial charge < -0.3 is 0 Å². The van der Waals surface area contributed by atoms with E-state index in [0.29, 0.717) is 16.1 Å². The lowest BCUT2D eigenvalue weighted by atomic mass is 10.1. The first-order chi connectivity index (χ1) is 10.1. The van der Waals surface area contributed by atoms with Crippen molar-refractivity contribution < 1.29 is 0 Å². The molecule has 2 aromatic rings. The van der Waals surface area contributed by atoms with Crippen LogP contribution in [-0.4, -0.2) is 4.57 Å². The second-order valence-electron chi connectivity index (χ2n) is 4.76. The van der Waals surface area contributed by atoms with Crippen molar-refractivity contribution in [3.8, 4) is 0 Å². The number of aromatic nitrogens is 1. The highest BCUT2D eigenvalue weighted by Gasteiger charge is 2.12. The van der Waals surface area contributed by atoms with Gasteiger partial charge in [-0.3, -0.25) is 9.36 Å². The van der Waals surface area contributed by atoms with Crippen molar-refractivity contribution >= 4 is 28.1 Å². The monoisotopic (exact) mass is 299 g/mol. The van der Waals surface area contributed by atoms with E-state index in [4.69, 9.17) is 11.6 Å². The summed E-state index contributed by atoms with van der Waals surface area (Å²) in [5, 5.41) is 1.88. The Morgan fingerprint density at radius 2 is 2.14 bits per heavy atom. The Balaban J connectivity index is 2.92. The smallest absolute Gasteiger partial charge is 0.264 e. The fourth-order valence-corrected chi connectivity index (χ4v) is 2.71. The maximum atomic E-state index is 12.9. The minimum absolute atomic E-state index is 0.116. The van der Waals surface area contributed by atoms with Gasteiger partial charge in [0.25, 0.3) is 5.56 Å². The summed E-state index contributed by atoms with van der Waals surface area (Å²) < 4.78 is 1.67. The van der Waals surface area contributed by atoms with E-state index in [0.717, 1.165) is 23.9 Å². The Morgan fingerprint density at radius 3 is 2.76 bits per heavy atom. The van der Waals surface area contributed by atoms with Crippen LogP contribution in [0.5, 0.6) is 0 Å². The van der Waals surface area contributed by atoms with E-state index in [-0.39, 0.29) is 5.56 Å². The van der Waals surface area contributed by atoms with Gasteiger partial charge in [0.15, 0.2) is 0 Å². The molecule has 0 N–H and O–H groups in total. The van der Waals surface area contributed by atoms with Crippen LogP contribution in [-0.2, 0) is 6.42 Å². The molecule has 1 aromatic heterocycles. The van der Waals surface area contributed by atoms with E-state index in [9.17, 15) is 4.79 Å². The molecule has 0 fully saturated rings. The topological polar surface area (TPSA) is 22.0 Å². The third kappa shape index (κ3) is 2.86. The summed E-state index contributed by atoms with van der Waals surface area (Å²) in [5.41, 5.74) is 1.54. The van der Waals surface area contributed by atoms with Gasteiger partial charge in [0.05, 0.1) is 10.4 Å². The van der Waals surface area contributed by atoms with Gasteiger partial charge in [-0.2, -0.15) is 0 Å². The predicted octanol–water partition coefficient (Wildman–Crippen LogP) is 4.82. The lowest BCUT2D eigenvalue weighted by Crippen LogP contribution is -2.23. The van der Waals surface area contributed by atoms with Gasteiger partial charge in [0, 0.05) is 11.4 Å². The fourth-order valence-electron chi connectivity index (χ4n) is 2.45. The molecular weight excluding hydrogens is 282 g/mol. The molecule has 0 unspecified atom stereocenters. The molecule has 0 aliphatic rings. The SMILES string of the molecule is C=C/C=C(\C=C)n1c(CCC)cc2cccc(Cl)c2c1=O. The van der Waals surface area contributed by atoms with Crippen LogP contribution in [0.1, 0.15) is 19.0 Å². The zero-order valence-electron chi connectivity index (χ0n) is 12.1. The standard InChI is InChI=1S/C18H18ClNO/c1-4-8-14(6-3)20-15(9-5-2)12-13-10-7-11-16(19)17(13)18(20)21/h4,6-8,10-12H,1,3,5,9H2,2H3/b14-8+. The van der Waals surface area contributed by atoms with Crippen molar-refractivity contribution in [1.82, 2.24) is 4.57 Å². The third-order valence-electron chi connectivity index (χ3n) is 3.33. The Kier molecular flexibility index (Phi) is 4.81. The van der Waals surface area contributed by atoms with E-state index in [1.807, 2.05) is 18.2 Å². The summed E-state index contributed by atoms with van der Waals surface area (Å²) in [6, 6.07) is 7.53. The Hall–Kier alpha value is -2.06. The predicted molar refractivity (Wildman–Crippen MR) is 91.9 cm³/mol. The first kappa shape index (κ1) is 15.3. The molecule has 0 aliphatic carbocycles. The van der Waals surface area contributed by atoms with Gasteiger partial charge in [0.1, 0.15) is 0 Å². The molecule has 0 saturated carbocycles. The number of nitrogens with zero attached hydrogens (tertiary/aromatic N) is 1. The van der Waals surface area contributed by atoms with E-state index < -0.39 is 0 Å². The molecule has 21 heavy (non-hydrogen) atoms. The van der Waals surface area contributed by atoms with Gasteiger partial charge in [0.2, 0.25) is 0 Å². The Morgan fingerprint density at radius 1 is 1.38 bits per heavy atom. The summed E-state index contributed by atoms with van der Waals surface area (Å²) in [5.74, 6) is 0. The average molecular weight is 300 g/mol. The van der Waals surface area contributed by atoms with Crippen molar-refractivity contribution in [3.05, 3.63) is 76.7 Å². The van der Waals surface area contributed by atoms with Crippen LogP contribution in [0, 0.1) is 0 Å². The number of fused-ring (bicyclic) bond motifs is 1. The zero-order valence-corrected chi connectivity index (χ0v) is 12.9. The molecule has 0 spiro atoms. The van der Waals surface area contributed by atoms with Crippen molar-refractivity contribution in [2.75, 3.05) is 0 Å². The molecular formula is C18H18ClNO. The summed E-state index contributed by atoms with van der Waals surface area (Å²) in [7, 11) is 0. The van der Waals surface area contributed by atoms with Crippen LogP contribution < -0.4 is 5.56 Å². The highest BCUT2D eigenvalue weighted by atomic mass is 35.5. The number of hydrogen-bond acceptors (Lipinski definition) is 1. The van der Waals surface area contributed by atoms with Crippen molar-refractivity contribution in [1.29, 1.82) is 0 Å². The molecule has 0 atom stereocenters. The molecule has 0 amide bonds. The quantitative estimate of drug-likeness (QED) is 0.725. The van der Waals surface area contributed by atoms with Crippen LogP contribution in [0.2, 0.25) is 5.02 Å². The summed E-state index contributed by atoms with van der Waals surface area (Å²) in [6.45, 7) is 9.57. The number of benzene rings is 1. The molecule has 0 aliphatic heterocycles. The number of aryl methyl sites for hydroxylation is 1. The van der Waals surface area contributed by atoms with Crippen LogP contribution in [0.15, 0.2) is 60.4 Å². The average Bonchev–Trinajstić information content (AvgIpc) is 2.46. The van der Waals surface area contributed by atoms with Gasteiger partial charge in [-0.05, 0) is 36.1 Å². The van der Waals surface area contributed by atoms with Crippen molar-refractivity contribution in [2.24, 2.45) is 0 Å². The number of pyridine rings is 1. The first-order valence-corrected chi connectivity index (χ1v) is 7.30. The highest BCUT2D eigenvalue weighted by Crippen LogP contribution is 2.23. The highest BCUT2D eigenvalue weighted by molar-refractivity contribution is 6.35. The summed E-state index contributed by atoms with van der Waals surface area (Å²) in [6.07, 6.45) is 6.83. The number of halogens is 1. The number of rotatable bonds is 5. The molecule has 0 bridgehead atoms. The normalized spacial score (nSPS) is 11.6. The molecule has 0 radical (unpaired) electrons. The van der Waals surface area contributed by atoms with Crippen molar-refractivity contribution in [3.63, 3.8) is 0 Å². The molecule has 1 heterocycles. The molecule has 0 saturated heterocycles. The third-order valence-corrected chi connectivity index (χ3v) is 3.65. The molecule has 3 heteroatoms. The van der Waals surface area contributed by atoms with Crippen LogP contribution >= 0.6 is 11.6 Å². The Labute approximate surface area is 129 Å². The summed E-state index contributed by atoms with van der Waals surface area (Å²) >= 11 is 6.21. The van der Waals surface area contributed by atoms with E-state index >= 15 is 0 Å². The van der Waals surface area contributed by atoms with E-state index in [1.54, 1.807) is 28.9 Å². The first-order valence-electron chi connectivity index (χ1n) is 6.92. The van der Waals surface area contributed by atoms with Gasteiger partial charge in [-0.1, -0.05) is 56.3 Å². The maximum absolute atomic E-state index is 12.9. The minimum atomic E-state index is -0.116. The van der Waals surface area contributed by atoms with Gasteiger partial charge in [-0.15, -0.1) is 0 Å².